The van der Waals surface area contributed by atoms with Crippen LogP contribution in [-0.4, -0.2) is 30.2 Å². The van der Waals surface area contributed by atoms with Crippen molar-refractivity contribution in [1.82, 2.24) is 0 Å². The fraction of sp³-hybridized carbons (Fsp3) is 0.636. The van der Waals surface area contributed by atoms with E-state index in [0.29, 0.717) is 0 Å². The van der Waals surface area contributed by atoms with E-state index in [1.165, 1.54) is 0 Å². The van der Waals surface area contributed by atoms with Crippen molar-refractivity contribution in [2.75, 3.05) is 20.1 Å². The summed E-state index contributed by atoms with van der Waals surface area (Å²) in [6.07, 6.45) is 9.73. The fourth-order valence-electron chi connectivity index (χ4n) is 1.41. The third-order valence-electron chi connectivity index (χ3n) is 2.48. The highest BCUT2D eigenvalue weighted by Crippen LogP contribution is 2.14. The van der Waals surface area contributed by atoms with Gasteiger partial charge in [-0.25, -0.2) is 0 Å². The van der Waals surface area contributed by atoms with Crippen molar-refractivity contribution in [2.45, 2.75) is 25.8 Å². The van der Waals surface area contributed by atoms with Crippen LogP contribution >= 0.6 is 0 Å². The lowest BCUT2D eigenvalue weighted by Crippen LogP contribution is -2.45. The third kappa shape index (κ3) is 3.75. The standard InChI is InChI=1S/C11H21N2/c1-11(2,12)7-10-13(3)8-5-4-6-9-13/h4-6,8H,7,9-10,12H2,1-3H3/q+1. The first-order valence-corrected chi connectivity index (χ1v) is 4.89. The van der Waals surface area contributed by atoms with Crippen LogP contribution < -0.4 is 5.73 Å². The minimum absolute atomic E-state index is 0.0454. The van der Waals surface area contributed by atoms with Gasteiger partial charge in [-0.2, -0.15) is 0 Å². The molecule has 0 saturated carbocycles. The van der Waals surface area contributed by atoms with E-state index in [-0.39, 0.29) is 5.54 Å². The van der Waals surface area contributed by atoms with E-state index in [0.717, 1.165) is 24.0 Å². The van der Waals surface area contributed by atoms with Crippen molar-refractivity contribution in [2.24, 2.45) is 5.73 Å². The Kier molecular flexibility index (Phi) is 2.94. The zero-order valence-electron chi connectivity index (χ0n) is 8.96. The normalized spacial score (nSPS) is 28.0. The second-order valence-corrected chi connectivity index (χ2v) is 4.89. The van der Waals surface area contributed by atoms with Gasteiger partial charge >= 0.3 is 0 Å². The zero-order valence-corrected chi connectivity index (χ0v) is 8.96. The molecule has 2 N–H and O–H groups in total. The Morgan fingerprint density at radius 2 is 2.08 bits per heavy atom. The molecule has 2 heteroatoms. The van der Waals surface area contributed by atoms with Crippen LogP contribution in [0.2, 0.25) is 0 Å². The summed E-state index contributed by atoms with van der Waals surface area (Å²) >= 11 is 0. The van der Waals surface area contributed by atoms with Crippen LogP contribution in [0.1, 0.15) is 20.3 Å². The molecule has 1 aliphatic heterocycles. The molecule has 74 valence electrons. The molecule has 0 aliphatic carbocycles. The highest BCUT2D eigenvalue weighted by atomic mass is 15.3. The molecule has 13 heavy (non-hydrogen) atoms. The smallest absolute Gasteiger partial charge is 0.102 e. The van der Waals surface area contributed by atoms with E-state index in [1.54, 1.807) is 0 Å². The number of allylic oxidation sites excluding steroid dienone is 2. The summed E-state index contributed by atoms with van der Waals surface area (Å²) in [4.78, 5) is 0. The summed E-state index contributed by atoms with van der Waals surface area (Å²) < 4.78 is 0.983. The lowest BCUT2D eigenvalue weighted by molar-refractivity contribution is -0.854. The van der Waals surface area contributed by atoms with Crippen molar-refractivity contribution >= 4 is 0 Å². The number of likely N-dealkylation sites (N-methyl/N-ethyl adjacent to an activating group) is 1. The molecule has 1 atom stereocenters. The molecule has 0 spiro atoms. The van der Waals surface area contributed by atoms with Gasteiger partial charge in [0.25, 0.3) is 0 Å². The molecule has 0 saturated heterocycles. The minimum atomic E-state index is -0.0454. The maximum atomic E-state index is 5.96. The van der Waals surface area contributed by atoms with Crippen LogP contribution in [0.15, 0.2) is 24.4 Å². The molecule has 0 aromatic heterocycles. The van der Waals surface area contributed by atoms with Crippen LogP contribution in [0.25, 0.3) is 0 Å². The predicted molar refractivity (Wildman–Crippen MR) is 57.1 cm³/mol. The first kappa shape index (κ1) is 10.5. The summed E-state index contributed by atoms with van der Waals surface area (Å²) in [5.74, 6) is 0. The second kappa shape index (κ2) is 3.64. The maximum absolute atomic E-state index is 5.96. The van der Waals surface area contributed by atoms with Crippen molar-refractivity contribution < 1.29 is 4.48 Å². The molecule has 1 unspecified atom stereocenters. The van der Waals surface area contributed by atoms with E-state index in [2.05, 4.69) is 45.3 Å². The zero-order chi connectivity index (χ0) is 9.95. The highest BCUT2D eigenvalue weighted by Gasteiger charge is 2.22. The largest absolute Gasteiger partial charge is 0.325 e. The Balaban J connectivity index is 2.44. The molecular formula is C11H21N2+. The topological polar surface area (TPSA) is 26.0 Å². The average molecular weight is 181 g/mol. The summed E-state index contributed by atoms with van der Waals surface area (Å²) in [6, 6.07) is 0. The van der Waals surface area contributed by atoms with Crippen molar-refractivity contribution in [1.29, 1.82) is 0 Å². The Hall–Kier alpha value is -0.600. The minimum Gasteiger partial charge on any atom is -0.325 e. The lowest BCUT2D eigenvalue weighted by Gasteiger charge is -2.33. The van der Waals surface area contributed by atoms with Crippen LogP contribution in [0, 0.1) is 0 Å². The molecule has 1 heterocycles. The summed E-state index contributed by atoms with van der Waals surface area (Å²) in [7, 11) is 2.24. The quantitative estimate of drug-likeness (QED) is 0.658. The van der Waals surface area contributed by atoms with E-state index >= 15 is 0 Å². The Bertz CT molecular complexity index is 223. The van der Waals surface area contributed by atoms with E-state index in [1.807, 2.05) is 0 Å². The Morgan fingerprint density at radius 3 is 2.54 bits per heavy atom. The van der Waals surface area contributed by atoms with Gasteiger partial charge in [-0.1, -0.05) is 6.08 Å². The molecule has 0 radical (unpaired) electrons. The summed E-state index contributed by atoms with van der Waals surface area (Å²) in [5.41, 5.74) is 5.91. The average Bonchev–Trinajstić information content (AvgIpc) is 2.02. The Morgan fingerprint density at radius 1 is 1.38 bits per heavy atom. The van der Waals surface area contributed by atoms with Crippen LogP contribution in [0.4, 0.5) is 0 Å². The lowest BCUT2D eigenvalue weighted by atomic mass is 10.0. The molecule has 0 aromatic carbocycles. The number of nitrogens with zero attached hydrogens (tertiary/aromatic N) is 1. The third-order valence-corrected chi connectivity index (χ3v) is 2.48. The fourth-order valence-corrected chi connectivity index (χ4v) is 1.41. The SMILES string of the molecule is CC(C)(N)CC[N+]1(C)C=CC=CC1. The van der Waals surface area contributed by atoms with Gasteiger partial charge in [0.05, 0.1) is 19.8 Å². The van der Waals surface area contributed by atoms with E-state index in [9.17, 15) is 0 Å². The molecular weight excluding hydrogens is 160 g/mol. The molecule has 2 nitrogen and oxygen atoms in total. The predicted octanol–water partition coefficient (Wildman–Crippen LogP) is 1.64. The van der Waals surface area contributed by atoms with Gasteiger partial charge in [0.15, 0.2) is 0 Å². The van der Waals surface area contributed by atoms with Crippen molar-refractivity contribution in [3.63, 3.8) is 0 Å². The first-order chi connectivity index (χ1) is 5.91. The van der Waals surface area contributed by atoms with Crippen LogP contribution in [0.5, 0.6) is 0 Å². The Labute approximate surface area is 81.3 Å². The molecule has 0 amide bonds. The number of rotatable bonds is 3. The highest BCUT2D eigenvalue weighted by molar-refractivity contribution is 5.03. The van der Waals surface area contributed by atoms with Gasteiger partial charge in [0, 0.05) is 12.0 Å². The summed E-state index contributed by atoms with van der Waals surface area (Å²) in [5, 5.41) is 0. The molecule has 0 aromatic rings. The van der Waals surface area contributed by atoms with Gasteiger partial charge < -0.3 is 5.73 Å². The van der Waals surface area contributed by atoms with Gasteiger partial charge in [-0.05, 0) is 26.0 Å². The maximum Gasteiger partial charge on any atom is 0.102 e. The van der Waals surface area contributed by atoms with Crippen LogP contribution in [-0.2, 0) is 0 Å². The van der Waals surface area contributed by atoms with Gasteiger partial charge in [-0.15, -0.1) is 0 Å². The number of nitrogens with two attached hydrogens (primary N) is 1. The van der Waals surface area contributed by atoms with Crippen molar-refractivity contribution in [3.05, 3.63) is 24.4 Å². The van der Waals surface area contributed by atoms with Gasteiger partial charge in [0.1, 0.15) is 6.54 Å². The molecule has 1 rings (SSSR count). The van der Waals surface area contributed by atoms with E-state index in [4.69, 9.17) is 5.73 Å². The summed E-state index contributed by atoms with van der Waals surface area (Å²) in [6.45, 7) is 6.38. The molecule has 0 fully saturated rings. The van der Waals surface area contributed by atoms with Gasteiger partial charge in [-0.3, -0.25) is 4.48 Å². The van der Waals surface area contributed by atoms with E-state index < -0.39 is 0 Å². The monoisotopic (exact) mass is 181 g/mol. The van der Waals surface area contributed by atoms with Gasteiger partial charge in [0.2, 0.25) is 0 Å². The number of quaternary nitrogens is 1. The first-order valence-electron chi connectivity index (χ1n) is 4.89. The molecule has 0 bridgehead atoms. The second-order valence-electron chi connectivity index (χ2n) is 4.89. The number of hydrogen-bond donors (Lipinski definition) is 1. The van der Waals surface area contributed by atoms with Crippen LogP contribution in [0.3, 0.4) is 0 Å². The molecule has 1 aliphatic rings. The number of hydrogen-bond acceptors (Lipinski definition) is 1. The van der Waals surface area contributed by atoms with Crippen molar-refractivity contribution in [3.8, 4) is 0 Å².